The number of aromatic nitrogens is 2. The Kier molecular flexibility index (Phi) is 4.36. The first-order chi connectivity index (χ1) is 8.79. The van der Waals surface area contributed by atoms with Crippen molar-refractivity contribution in [2.75, 3.05) is 6.61 Å². The molecule has 0 radical (unpaired) electrons. The van der Waals surface area contributed by atoms with Crippen molar-refractivity contribution in [2.24, 2.45) is 0 Å². The first-order valence-electron chi connectivity index (χ1n) is 5.67. The van der Waals surface area contributed by atoms with Gasteiger partial charge in [0, 0.05) is 0 Å². The maximum absolute atomic E-state index is 5.75. The van der Waals surface area contributed by atoms with Crippen LogP contribution in [0.1, 0.15) is 13.3 Å². The zero-order chi connectivity index (χ0) is 12.8. The van der Waals surface area contributed by atoms with Crippen molar-refractivity contribution in [1.82, 2.24) is 9.97 Å². The molecule has 0 aliphatic rings. The van der Waals surface area contributed by atoms with E-state index in [9.17, 15) is 0 Å². The first-order valence-corrected chi connectivity index (χ1v) is 6.04. The molecule has 18 heavy (non-hydrogen) atoms. The zero-order valence-corrected chi connectivity index (χ0v) is 10.7. The molecule has 0 amide bonds. The molecule has 5 heteroatoms. The molecule has 94 valence electrons. The van der Waals surface area contributed by atoms with Crippen molar-refractivity contribution >= 4 is 11.6 Å². The van der Waals surface area contributed by atoms with Gasteiger partial charge in [0.2, 0.25) is 5.88 Å². The summed E-state index contributed by atoms with van der Waals surface area (Å²) in [4.78, 5) is 7.93. The largest absolute Gasteiger partial charge is 0.490 e. The smallest absolute Gasteiger partial charge is 0.239 e. The standard InChI is InChI=1S/C13H13ClN2O2/c1-2-7-17-10-5-3-4-6-11(10)18-13-9-15-8-12(14)16-13/h3-6,8-9H,2,7H2,1H3. The number of ether oxygens (including phenoxy) is 2. The van der Waals surface area contributed by atoms with Crippen molar-refractivity contribution < 1.29 is 9.47 Å². The van der Waals surface area contributed by atoms with Gasteiger partial charge < -0.3 is 9.47 Å². The van der Waals surface area contributed by atoms with Gasteiger partial charge in [0.1, 0.15) is 0 Å². The number of hydrogen-bond acceptors (Lipinski definition) is 4. The molecule has 0 aliphatic carbocycles. The lowest BCUT2D eigenvalue weighted by molar-refractivity contribution is 0.300. The Morgan fingerprint density at radius 3 is 2.67 bits per heavy atom. The lowest BCUT2D eigenvalue weighted by atomic mass is 10.3. The SMILES string of the molecule is CCCOc1ccccc1Oc1cncc(Cl)n1. The summed E-state index contributed by atoms with van der Waals surface area (Å²) in [6, 6.07) is 7.42. The molecular weight excluding hydrogens is 252 g/mol. The van der Waals surface area contributed by atoms with Crippen molar-refractivity contribution in [1.29, 1.82) is 0 Å². The predicted octanol–water partition coefficient (Wildman–Crippen LogP) is 3.71. The number of nitrogens with zero attached hydrogens (tertiary/aromatic N) is 2. The van der Waals surface area contributed by atoms with Crippen LogP contribution in [0, 0.1) is 0 Å². The molecule has 1 aromatic heterocycles. The Hall–Kier alpha value is -1.81. The van der Waals surface area contributed by atoms with Crippen LogP contribution in [-0.2, 0) is 0 Å². The van der Waals surface area contributed by atoms with Gasteiger partial charge in [-0.1, -0.05) is 30.7 Å². The van der Waals surface area contributed by atoms with Gasteiger partial charge in [0.15, 0.2) is 16.7 Å². The summed E-state index contributed by atoms with van der Waals surface area (Å²) in [6.07, 6.45) is 3.89. The predicted molar refractivity (Wildman–Crippen MR) is 69.3 cm³/mol. The summed E-state index contributed by atoms with van der Waals surface area (Å²) in [5, 5.41) is 0.291. The van der Waals surface area contributed by atoms with Gasteiger partial charge in [-0.3, -0.25) is 4.98 Å². The number of para-hydroxylation sites is 2. The van der Waals surface area contributed by atoms with Crippen molar-refractivity contribution in [3.05, 3.63) is 41.8 Å². The average molecular weight is 265 g/mol. The monoisotopic (exact) mass is 264 g/mol. The molecule has 4 nitrogen and oxygen atoms in total. The second-order valence-electron chi connectivity index (χ2n) is 3.58. The van der Waals surface area contributed by atoms with Crippen molar-refractivity contribution in [3.8, 4) is 17.4 Å². The maximum atomic E-state index is 5.75. The van der Waals surface area contributed by atoms with E-state index in [2.05, 4.69) is 9.97 Å². The molecule has 0 aliphatic heterocycles. The molecule has 0 unspecified atom stereocenters. The second kappa shape index (κ2) is 6.21. The minimum absolute atomic E-state index is 0.291. The van der Waals surface area contributed by atoms with Gasteiger partial charge in [-0.15, -0.1) is 0 Å². The molecule has 0 N–H and O–H groups in total. The number of benzene rings is 1. The summed E-state index contributed by atoms with van der Waals surface area (Å²) in [5.41, 5.74) is 0. The molecule has 2 aromatic rings. The summed E-state index contributed by atoms with van der Waals surface area (Å²) in [6.45, 7) is 2.69. The first kappa shape index (κ1) is 12.6. The average Bonchev–Trinajstić information content (AvgIpc) is 2.38. The minimum atomic E-state index is 0.291. The molecule has 0 fully saturated rings. The molecule has 1 aromatic carbocycles. The molecule has 2 rings (SSSR count). The molecule has 1 heterocycles. The molecular formula is C13H13ClN2O2. The number of halogens is 1. The van der Waals surface area contributed by atoms with Crippen LogP contribution < -0.4 is 9.47 Å². The van der Waals surface area contributed by atoms with Crippen LogP contribution >= 0.6 is 11.6 Å². The van der Waals surface area contributed by atoms with E-state index in [1.807, 2.05) is 31.2 Å². The van der Waals surface area contributed by atoms with Gasteiger partial charge in [0.25, 0.3) is 0 Å². The van der Waals surface area contributed by atoms with Crippen LogP contribution in [0.4, 0.5) is 0 Å². The third-order valence-corrected chi connectivity index (χ3v) is 2.29. The van der Waals surface area contributed by atoms with Gasteiger partial charge in [0.05, 0.1) is 19.0 Å². The summed E-state index contributed by atoms with van der Waals surface area (Å²) in [7, 11) is 0. The molecule has 0 saturated carbocycles. The summed E-state index contributed by atoms with van der Waals surface area (Å²) in [5.74, 6) is 1.62. The topological polar surface area (TPSA) is 44.2 Å². The van der Waals surface area contributed by atoms with Crippen molar-refractivity contribution in [3.63, 3.8) is 0 Å². The number of rotatable bonds is 5. The Morgan fingerprint density at radius 2 is 1.94 bits per heavy atom. The van der Waals surface area contributed by atoms with E-state index in [1.165, 1.54) is 12.4 Å². The van der Waals surface area contributed by atoms with Crippen LogP contribution in [0.15, 0.2) is 36.7 Å². The summed E-state index contributed by atoms with van der Waals surface area (Å²) < 4.78 is 11.2. The second-order valence-corrected chi connectivity index (χ2v) is 3.96. The molecule has 0 saturated heterocycles. The fourth-order valence-corrected chi connectivity index (χ4v) is 1.49. The number of hydrogen-bond donors (Lipinski definition) is 0. The van der Waals surface area contributed by atoms with E-state index >= 15 is 0 Å². The maximum Gasteiger partial charge on any atom is 0.239 e. The van der Waals surface area contributed by atoms with E-state index in [1.54, 1.807) is 0 Å². The third-order valence-electron chi connectivity index (χ3n) is 2.11. The van der Waals surface area contributed by atoms with Gasteiger partial charge >= 0.3 is 0 Å². The quantitative estimate of drug-likeness (QED) is 0.826. The highest BCUT2D eigenvalue weighted by Gasteiger charge is 2.06. The summed E-state index contributed by atoms with van der Waals surface area (Å²) >= 11 is 5.75. The van der Waals surface area contributed by atoms with Crippen LogP contribution in [0.3, 0.4) is 0 Å². The van der Waals surface area contributed by atoms with E-state index in [4.69, 9.17) is 21.1 Å². The van der Waals surface area contributed by atoms with E-state index in [0.29, 0.717) is 29.1 Å². The highest BCUT2D eigenvalue weighted by atomic mass is 35.5. The lowest BCUT2D eigenvalue weighted by Crippen LogP contribution is -1.98. The lowest BCUT2D eigenvalue weighted by Gasteiger charge is -2.10. The van der Waals surface area contributed by atoms with Gasteiger partial charge in [-0.05, 0) is 18.6 Å². The highest BCUT2D eigenvalue weighted by molar-refractivity contribution is 6.29. The highest BCUT2D eigenvalue weighted by Crippen LogP contribution is 2.30. The Labute approximate surface area is 111 Å². The van der Waals surface area contributed by atoms with Crippen LogP contribution in [-0.4, -0.2) is 16.6 Å². The van der Waals surface area contributed by atoms with E-state index < -0.39 is 0 Å². The normalized spacial score (nSPS) is 10.1. The Bertz CT molecular complexity index is 520. The zero-order valence-electron chi connectivity index (χ0n) is 9.97. The fourth-order valence-electron chi connectivity index (χ4n) is 1.35. The molecule has 0 bridgehead atoms. The van der Waals surface area contributed by atoms with Crippen LogP contribution in [0.2, 0.25) is 5.15 Å². The molecule has 0 spiro atoms. The Balaban J connectivity index is 2.17. The van der Waals surface area contributed by atoms with Gasteiger partial charge in [-0.25, -0.2) is 0 Å². The fraction of sp³-hybridized carbons (Fsp3) is 0.231. The van der Waals surface area contributed by atoms with Crippen molar-refractivity contribution in [2.45, 2.75) is 13.3 Å². The van der Waals surface area contributed by atoms with Crippen LogP contribution in [0.25, 0.3) is 0 Å². The third kappa shape index (κ3) is 3.34. The minimum Gasteiger partial charge on any atom is -0.490 e. The van der Waals surface area contributed by atoms with E-state index in [-0.39, 0.29) is 0 Å². The Morgan fingerprint density at radius 1 is 1.17 bits per heavy atom. The van der Waals surface area contributed by atoms with Crippen LogP contribution in [0.5, 0.6) is 17.4 Å². The van der Waals surface area contributed by atoms with Gasteiger partial charge in [-0.2, -0.15) is 4.98 Å². The molecule has 0 atom stereocenters. The van der Waals surface area contributed by atoms with E-state index in [0.717, 1.165) is 6.42 Å².